The van der Waals surface area contributed by atoms with Crippen molar-refractivity contribution in [3.05, 3.63) is 93.5 Å². The Balaban J connectivity index is 1.47. The SMILES string of the molecule is CCOc1cc(/C=C2\C(=O)NC(=O)N(c3cccc(C)c3)C2=O)ccc1OCCOc1ccc([N+](=O)[O-])cc1. The first-order valence-electron chi connectivity index (χ1n) is 12.0. The zero-order valence-corrected chi connectivity index (χ0v) is 21.2. The van der Waals surface area contributed by atoms with Gasteiger partial charge in [0.2, 0.25) is 0 Å². The first kappa shape index (κ1) is 26.9. The van der Waals surface area contributed by atoms with Gasteiger partial charge in [-0.05, 0) is 67.4 Å². The first-order chi connectivity index (χ1) is 18.8. The predicted octanol–water partition coefficient (Wildman–Crippen LogP) is 4.43. The Bertz CT molecular complexity index is 1450. The van der Waals surface area contributed by atoms with E-state index in [-0.39, 0.29) is 24.5 Å². The van der Waals surface area contributed by atoms with E-state index in [4.69, 9.17) is 14.2 Å². The molecule has 200 valence electrons. The van der Waals surface area contributed by atoms with Crippen molar-refractivity contribution in [2.45, 2.75) is 13.8 Å². The van der Waals surface area contributed by atoms with Crippen molar-refractivity contribution in [2.24, 2.45) is 0 Å². The van der Waals surface area contributed by atoms with Gasteiger partial charge in [-0.3, -0.25) is 25.0 Å². The summed E-state index contributed by atoms with van der Waals surface area (Å²) in [6.07, 6.45) is 1.39. The second kappa shape index (κ2) is 11.9. The Kier molecular flexibility index (Phi) is 8.20. The molecule has 0 aromatic heterocycles. The number of carbonyl (C=O) groups excluding carboxylic acids is 3. The van der Waals surface area contributed by atoms with Crippen molar-refractivity contribution in [3.8, 4) is 17.2 Å². The van der Waals surface area contributed by atoms with Crippen LogP contribution in [0.3, 0.4) is 0 Å². The molecule has 0 unspecified atom stereocenters. The number of non-ortho nitro benzene ring substituents is 1. The molecule has 4 amide bonds. The predicted molar refractivity (Wildman–Crippen MR) is 142 cm³/mol. The summed E-state index contributed by atoms with van der Waals surface area (Å²) in [4.78, 5) is 49.3. The van der Waals surface area contributed by atoms with Gasteiger partial charge in [-0.15, -0.1) is 0 Å². The lowest BCUT2D eigenvalue weighted by Crippen LogP contribution is -2.54. The van der Waals surface area contributed by atoms with Crippen LogP contribution in [0.25, 0.3) is 6.08 Å². The maximum Gasteiger partial charge on any atom is 0.335 e. The van der Waals surface area contributed by atoms with Crippen LogP contribution < -0.4 is 24.4 Å². The van der Waals surface area contributed by atoms with Gasteiger partial charge in [0.1, 0.15) is 24.5 Å². The van der Waals surface area contributed by atoms with Gasteiger partial charge in [-0.2, -0.15) is 0 Å². The monoisotopic (exact) mass is 531 g/mol. The lowest BCUT2D eigenvalue weighted by Gasteiger charge is -2.26. The smallest absolute Gasteiger partial charge is 0.335 e. The van der Waals surface area contributed by atoms with E-state index in [0.717, 1.165) is 10.5 Å². The molecule has 1 N–H and O–H groups in total. The summed E-state index contributed by atoms with van der Waals surface area (Å²) in [6, 6.07) is 16.6. The molecule has 0 spiro atoms. The lowest BCUT2D eigenvalue weighted by molar-refractivity contribution is -0.384. The number of aryl methyl sites for hydroxylation is 1. The van der Waals surface area contributed by atoms with E-state index in [1.54, 1.807) is 43.3 Å². The standard InChI is InChI=1S/C28H25N3O8/c1-3-37-25-17-19(7-12-24(25)39-14-13-38-22-10-8-20(9-11-22)31(35)36)16-23-26(32)29-28(34)30(27(23)33)21-6-4-5-18(2)15-21/h4-12,15-17H,3,13-14H2,1-2H3,(H,29,32,34)/b23-16+. The van der Waals surface area contributed by atoms with Crippen molar-refractivity contribution in [2.75, 3.05) is 24.7 Å². The number of anilines is 1. The summed E-state index contributed by atoms with van der Waals surface area (Å²) in [6.45, 7) is 4.30. The fraction of sp³-hybridized carbons (Fsp3) is 0.179. The molecule has 1 saturated heterocycles. The third-order valence-corrected chi connectivity index (χ3v) is 5.60. The maximum absolute atomic E-state index is 13.2. The Hall–Kier alpha value is -5.19. The Morgan fingerprint density at radius 2 is 1.67 bits per heavy atom. The molecule has 3 aromatic rings. The zero-order chi connectivity index (χ0) is 27.9. The number of hydrogen-bond donors (Lipinski definition) is 1. The molecule has 0 bridgehead atoms. The van der Waals surface area contributed by atoms with E-state index in [1.807, 2.05) is 13.0 Å². The van der Waals surface area contributed by atoms with Gasteiger partial charge >= 0.3 is 6.03 Å². The van der Waals surface area contributed by atoms with Crippen LogP contribution in [0.15, 0.2) is 72.3 Å². The quantitative estimate of drug-likeness (QED) is 0.133. The number of ether oxygens (including phenoxy) is 3. The van der Waals surface area contributed by atoms with E-state index in [9.17, 15) is 24.5 Å². The summed E-state index contributed by atoms with van der Waals surface area (Å²) < 4.78 is 17.0. The van der Waals surface area contributed by atoms with Gasteiger partial charge in [-0.1, -0.05) is 18.2 Å². The number of hydrogen-bond acceptors (Lipinski definition) is 8. The zero-order valence-electron chi connectivity index (χ0n) is 21.2. The van der Waals surface area contributed by atoms with Crippen LogP contribution in [0, 0.1) is 17.0 Å². The van der Waals surface area contributed by atoms with Gasteiger partial charge in [0.05, 0.1) is 17.2 Å². The van der Waals surface area contributed by atoms with Crippen molar-refractivity contribution in [3.63, 3.8) is 0 Å². The van der Waals surface area contributed by atoms with Crippen LogP contribution in [0.2, 0.25) is 0 Å². The lowest BCUT2D eigenvalue weighted by atomic mass is 10.1. The van der Waals surface area contributed by atoms with Crippen molar-refractivity contribution >= 4 is 35.3 Å². The molecular formula is C28H25N3O8. The van der Waals surface area contributed by atoms with Crippen molar-refractivity contribution < 1.29 is 33.5 Å². The number of carbonyl (C=O) groups is 3. The van der Waals surface area contributed by atoms with Crippen LogP contribution in [0.4, 0.5) is 16.2 Å². The van der Waals surface area contributed by atoms with Gasteiger partial charge in [0.15, 0.2) is 11.5 Å². The minimum Gasteiger partial charge on any atom is -0.490 e. The molecule has 1 aliphatic rings. The molecule has 1 fully saturated rings. The minimum atomic E-state index is -0.817. The molecule has 11 nitrogen and oxygen atoms in total. The second-order valence-corrected chi connectivity index (χ2v) is 8.38. The second-order valence-electron chi connectivity index (χ2n) is 8.38. The van der Waals surface area contributed by atoms with Gasteiger partial charge in [-0.25, -0.2) is 9.69 Å². The van der Waals surface area contributed by atoms with E-state index in [0.29, 0.717) is 35.1 Å². The molecule has 11 heteroatoms. The van der Waals surface area contributed by atoms with Crippen LogP contribution in [-0.2, 0) is 9.59 Å². The molecule has 1 aliphatic heterocycles. The largest absolute Gasteiger partial charge is 0.490 e. The van der Waals surface area contributed by atoms with Crippen molar-refractivity contribution in [1.82, 2.24) is 5.32 Å². The third-order valence-electron chi connectivity index (χ3n) is 5.60. The summed E-state index contributed by atoms with van der Waals surface area (Å²) in [7, 11) is 0. The summed E-state index contributed by atoms with van der Waals surface area (Å²) in [5, 5.41) is 13.0. The average Bonchev–Trinajstić information content (AvgIpc) is 2.90. The van der Waals surface area contributed by atoms with Gasteiger partial charge < -0.3 is 14.2 Å². The normalized spacial score (nSPS) is 14.3. The first-order valence-corrected chi connectivity index (χ1v) is 12.0. The number of nitrogens with zero attached hydrogens (tertiary/aromatic N) is 2. The fourth-order valence-electron chi connectivity index (χ4n) is 3.80. The summed E-state index contributed by atoms with van der Waals surface area (Å²) in [5.41, 5.74) is 1.46. The molecular weight excluding hydrogens is 506 g/mol. The molecule has 0 aliphatic carbocycles. The Morgan fingerprint density at radius 3 is 2.36 bits per heavy atom. The number of urea groups is 1. The number of barbiturate groups is 1. The van der Waals surface area contributed by atoms with E-state index in [2.05, 4.69) is 5.32 Å². The highest BCUT2D eigenvalue weighted by Gasteiger charge is 2.36. The molecule has 0 radical (unpaired) electrons. The van der Waals surface area contributed by atoms with Crippen LogP contribution in [0.1, 0.15) is 18.1 Å². The topological polar surface area (TPSA) is 137 Å². The highest BCUT2D eigenvalue weighted by molar-refractivity contribution is 6.39. The van der Waals surface area contributed by atoms with Crippen molar-refractivity contribution in [1.29, 1.82) is 0 Å². The van der Waals surface area contributed by atoms with E-state index >= 15 is 0 Å². The Morgan fingerprint density at radius 1 is 0.923 bits per heavy atom. The van der Waals surface area contributed by atoms with Crippen LogP contribution in [-0.4, -0.2) is 42.6 Å². The maximum atomic E-state index is 13.2. The van der Waals surface area contributed by atoms with Crippen LogP contribution >= 0.6 is 0 Å². The number of rotatable bonds is 10. The van der Waals surface area contributed by atoms with E-state index in [1.165, 1.54) is 30.3 Å². The molecule has 1 heterocycles. The minimum absolute atomic E-state index is 0.0307. The number of nitrogens with one attached hydrogen (secondary N) is 1. The van der Waals surface area contributed by atoms with Gasteiger partial charge in [0.25, 0.3) is 17.5 Å². The number of imide groups is 2. The number of benzene rings is 3. The molecule has 3 aromatic carbocycles. The van der Waals surface area contributed by atoms with Gasteiger partial charge in [0, 0.05) is 12.1 Å². The molecule has 4 rings (SSSR count). The highest BCUT2D eigenvalue weighted by atomic mass is 16.6. The summed E-state index contributed by atoms with van der Waals surface area (Å²) >= 11 is 0. The molecule has 39 heavy (non-hydrogen) atoms. The number of amides is 4. The third kappa shape index (κ3) is 6.39. The average molecular weight is 532 g/mol. The molecule has 0 saturated carbocycles. The fourth-order valence-corrected chi connectivity index (χ4v) is 3.80. The van der Waals surface area contributed by atoms with Crippen LogP contribution in [0.5, 0.6) is 17.2 Å². The number of nitro groups is 1. The number of nitro benzene ring substituents is 1. The summed E-state index contributed by atoms with van der Waals surface area (Å²) in [5.74, 6) is -0.267. The Labute approximate surface area is 223 Å². The van der Waals surface area contributed by atoms with E-state index < -0.39 is 22.8 Å². The molecule has 0 atom stereocenters. The highest BCUT2D eigenvalue weighted by Crippen LogP contribution is 2.30.